The summed E-state index contributed by atoms with van der Waals surface area (Å²) < 4.78 is 31.9. The number of urea groups is 3. The number of hydrogen-bond acceptors (Lipinski definition) is 17. The molecule has 0 unspecified atom stereocenters. The van der Waals surface area contributed by atoms with E-state index in [1.807, 2.05) is 160 Å². The summed E-state index contributed by atoms with van der Waals surface area (Å²) in [5.74, 6) is 4.16. The molecule has 16 rings (SSSR count). The number of imidazole rings is 3. The van der Waals surface area contributed by atoms with Crippen molar-refractivity contribution < 1.29 is 32.7 Å². The number of aromatic nitrogens is 9. The van der Waals surface area contributed by atoms with E-state index < -0.39 is 0 Å². The highest BCUT2D eigenvalue weighted by atomic mass is 32.1. The molecule has 6 amide bonds. The van der Waals surface area contributed by atoms with E-state index in [0.29, 0.717) is 58.4 Å². The van der Waals surface area contributed by atoms with Gasteiger partial charge in [-0.05, 0) is 117 Å². The zero-order chi connectivity index (χ0) is 71.7. The lowest BCUT2D eigenvalue weighted by Crippen LogP contribution is -2.33. The lowest BCUT2D eigenvalue weighted by atomic mass is 9.93. The third-order valence-electron chi connectivity index (χ3n) is 17.2. The molecule has 0 atom stereocenters. The fourth-order valence-corrected chi connectivity index (χ4v) is 14.7. The van der Waals surface area contributed by atoms with Crippen LogP contribution in [0.25, 0.3) is 79.3 Å². The van der Waals surface area contributed by atoms with E-state index in [2.05, 4.69) is 127 Å². The first kappa shape index (κ1) is 68.9. The Morgan fingerprint density at radius 2 is 0.816 bits per heavy atom. The number of fused-ring (bicyclic) bond motifs is 9. The summed E-state index contributed by atoms with van der Waals surface area (Å²) in [6.45, 7) is 24.3. The van der Waals surface area contributed by atoms with Gasteiger partial charge in [-0.15, -0.1) is 0 Å². The van der Waals surface area contributed by atoms with Crippen LogP contribution in [0.1, 0.15) is 104 Å². The van der Waals surface area contributed by atoms with Gasteiger partial charge in [0.2, 0.25) is 0 Å². The number of ether oxygens (including phenoxy) is 1. The maximum Gasteiger partial charge on any atom is 0.324 e. The van der Waals surface area contributed by atoms with Crippen molar-refractivity contribution in [1.29, 1.82) is 0 Å². The highest BCUT2D eigenvalue weighted by Crippen LogP contribution is 2.36. The lowest BCUT2D eigenvalue weighted by molar-refractivity contribution is 0.183. The number of piperidine rings is 1. The molecule has 1 aliphatic rings. The van der Waals surface area contributed by atoms with Crippen LogP contribution in [0.5, 0.6) is 5.75 Å². The van der Waals surface area contributed by atoms with Gasteiger partial charge in [0.1, 0.15) is 29.6 Å². The number of rotatable bonds is 13. The summed E-state index contributed by atoms with van der Waals surface area (Å²) in [5, 5.41) is 28.3. The number of benzene rings is 6. The van der Waals surface area contributed by atoms with E-state index >= 15 is 0 Å². The first-order chi connectivity index (χ1) is 49.4. The van der Waals surface area contributed by atoms with Gasteiger partial charge in [-0.25, -0.2) is 29.3 Å². The zero-order valence-corrected chi connectivity index (χ0v) is 61.1. The Kier molecular flexibility index (Phi) is 19.2. The van der Waals surface area contributed by atoms with Gasteiger partial charge in [-0.3, -0.25) is 34.1 Å². The molecule has 10 heterocycles. The first-order valence-corrected chi connectivity index (χ1v) is 36.4. The molecule has 0 spiro atoms. The van der Waals surface area contributed by atoms with E-state index in [4.69, 9.17) is 33.3 Å². The molecular weight excluding hydrogens is 1360 g/mol. The number of anilines is 6. The highest BCUT2D eigenvalue weighted by molar-refractivity contribution is 7.24. The van der Waals surface area contributed by atoms with Crippen LogP contribution >= 0.6 is 34.0 Å². The molecule has 6 N–H and O–H groups in total. The van der Waals surface area contributed by atoms with Crippen molar-refractivity contribution in [3.05, 3.63) is 193 Å². The normalized spacial score (nSPS) is 12.9. The molecule has 9 aromatic heterocycles. The number of nitrogens with zero attached hydrogens (tertiary/aromatic N) is 10. The number of hydrogen-bond donors (Lipinski definition) is 6. The summed E-state index contributed by atoms with van der Waals surface area (Å²) in [6, 6.07) is 47.8. The monoisotopic (exact) mass is 1430 g/mol. The number of amides is 6. The summed E-state index contributed by atoms with van der Waals surface area (Å²) in [5.41, 5.74) is 11.8. The number of nitrogens with one attached hydrogen (secondary N) is 6. The van der Waals surface area contributed by atoms with Crippen molar-refractivity contribution in [2.45, 2.75) is 105 Å². The van der Waals surface area contributed by atoms with Gasteiger partial charge < -0.3 is 34.3 Å². The van der Waals surface area contributed by atoms with Crippen LogP contribution < -0.4 is 36.6 Å². The summed E-state index contributed by atoms with van der Waals surface area (Å²) in [4.78, 5) is 56.8. The Labute approximate surface area is 605 Å². The van der Waals surface area contributed by atoms with Gasteiger partial charge in [-0.2, -0.15) is 0 Å². The maximum atomic E-state index is 12.4. The van der Waals surface area contributed by atoms with E-state index in [1.165, 1.54) is 47.3 Å². The highest BCUT2D eigenvalue weighted by Gasteiger charge is 2.24. The topological polar surface area (TPSA) is 266 Å². The van der Waals surface area contributed by atoms with Crippen LogP contribution in [0.3, 0.4) is 0 Å². The van der Waals surface area contributed by atoms with Crippen LogP contribution in [-0.4, -0.2) is 92.9 Å². The minimum atomic E-state index is -0.384. The standard InChI is InChI=1S/C30H34N6O3S.C24H23N5O2S.C23H21N5O2S/c1-30(2,3)26-18-27(34-39-26)33-28(37)31-21-9-7-20(8-10-21)23-19-36-24-12-11-22(17-25(24)40-29(36)32-23)38-16-15-35-13-5-4-6-14-35;1-14-5-10-18-19(11-14)32-23-26-17(13-29(18)23)15-6-8-16(9-7-15)25-22(30)27-21-12-20(31-28-21)24(2,3)4;1-23(2,3)19-12-20(27-30-19)26-21(29)24-15-10-8-14(9-11-15)16-13-28-17-6-4-5-7-18(17)31-22(28)25-16/h7-12,17-19H,4-6,13-16H2,1-3H3,(H2,31,33,34,37);5-13H,1-4H3,(H2,25,27,28,30);4-13H,1-3H3,(H2,24,26,27,29). The Morgan fingerprint density at radius 1 is 0.437 bits per heavy atom. The van der Waals surface area contributed by atoms with Gasteiger partial charge in [0.15, 0.2) is 32.3 Å². The Balaban J connectivity index is 0.000000132. The van der Waals surface area contributed by atoms with Crippen molar-refractivity contribution in [2.24, 2.45) is 0 Å². The quantitative estimate of drug-likeness (QED) is 0.0627. The SMILES string of the molecule is CC(C)(C)c1cc(NC(=O)Nc2ccc(-c3cn4c(n3)sc3cc(OCCN5CCCCC5)ccc34)cc2)no1.CC(C)(C)c1cc(NC(=O)Nc2ccc(-c3cn4c(n3)sc3ccccc34)cc2)no1.Cc1ccc2c(c1)sc1nc(-c3ccc(NC(=O)Nc4cc(C(C)(C)C)on4)cc3)cn12. The molecular formula is C77H78N16O7S3. The van der Waals surface area contributed by atoms with Crippen LogP contribution in [0.15, 0.2) is 184 Å². The first-order valence-electron chi connectivity index (χ1n) is 33.9. The predicted molar refractivity (Wildman–Crippen MR) is 412 cm³/mol. The molecule has 1 saturated heterocycles. The minimum Gasteiger partial charge on any atom is -0.492 e. The second kappa shape index (κ2) is 28.7. The average Bonchev–Trinajstić information content (AvgIpc) is 1.63. The van der Waals surface area contributed by atoms with Crippen molar-refractivity contribution >= 4 is 132 Å². The van der Waals surface area contributed by atoms with Gasteiger partial charge in [0.25, 0.3) is 0 Å². The predicted octanol–water partition coefficient (Wildman–Crippen LogP) is 19.6. The molecule has 526 valence electrons. The van der Waals surface area contributed by atoms with Crippen molar-refractivity contribution in [2.75, 3.05) is 58.1 Å². The summed E-state index contributed by atoms with van der Waals surface area (Å²) >= 11 is 5.00. The fraction of sp³-hybridized carbons (Fsp3) is 0.260. The van der Waals surface area contributed by atoms with Gasteiger partial charge in [-0.1, -0.05) is 173 Å². The molecule has 0 saturated carbocycles. The molecule has 0 aliphatic carbocycles. The van der Waals surface area contributed by atoms with E-state index in [-0.39, 0.29) is 34.3 Å². The zero-order valence-electron chi connectivity index (χ0n) is 58.7. The van der Waals surface area contributed by atoms with Gasteiger partial charge in [0.05, 0.1) is 47.7 Å². The molecule has 103 heavy (non-hydrogen) atoms. The van der Waals surface area contributed by atoms with Crippen LogP contribution in [0, 0.1) is 6.92 Å². The van der Waals surface area contributed by atoms with Crippen LogP contribution in [0.4, 0.5) is 48.9 Å². The minimum absolute atomic E-state index is 0.173. The molecule has 6 aromatic carbocycles. The molecule has 15 aromatic rings. The lowest BCUT2D eigenvalue weighted by Gasteiger charge is -2.26. The molecule has 26 heteroatoms. The van der Waals surface area contributed by atoms with Crippen molar-refractivity contribution in [3.63, 3.8) is 0 Å². The fourth-order valence-electron chi connectivity index (χ4n) is 11.6. The largest absolute Gasteiger partial charge is 0.492 e. The Bertz CT molecular complexity index is 5530. The van der Waals surface area contributed by atoms with Crippen molar-refractivity contribution in [3.8, 4) is 39.5 Å². The summed E-state index contributed by atoms with van der Waals surface area (Å²) in [7, 11) is 0. The molecule has 0 bridgehead atoms. The smallest absolute Gasteiger partial charge is 0.324 e. The maximum absolute atomic E-state index is 12.4. The van der Waals surface area contributed by atoms with Gasteiger partial charge >= 0.3 is 18.1 Å². The molecule has 1 aliphatic heterocycles. The summed E-state index contributed by atoms with van der Waals surface area (Å²) in [6.07, 6.45) is 10.1. The second-order valence-electron chi connectivity index (χ2n) is 28.4. The molecule has 23 nitrogen and oxygen atoms in total. The molecule has 0 radical (unpaired) electrons. The van der Waals surface area contributed by atoms with E-state index in [1.54, 1.807) is 52.2 Å². The third-order valence-corrected chi connectivity index (χ3v) is 20.3. The Hall–Kier alpha value is -11.2. The number of carbonyl (C=O) groups excluding carboxylic acids is 3. The van der Waals surface area contributed by atoms with E-state index in [9.17, 15) is 14.4 Å². The number of likely N-dealkylation sites (tertiary alicyclic amines) is 1. The van der Waals surface area contributed by atoms with Gasteiger partial charge in [0, 0.05) is 93.3 Å². The average molecular weight is 1440 g/mol. The number of carbonyl (C=O) groups is 3. The second-order valence-corrected chi connectivity index (χ2v) is 31.4. The van der Waals surface area contributed by atoms with Crippen LogP contribution in [-0.2, 0) is 16.2 Å². The molecule has 1 fully saturated rings. The third kappa shape index (κ3) is 16.1. The van der Waals surface area contributed by atoms with Crippen LogP contribution in [0.2, 0.25) is 0 Å². The van der Waals surface area contributed by atoms with Crippen molar-refractivity contribution in [1.82, 2.24) is 48.5 Å². The van der Waals surface area contributed by atoms with E-state index in [0.717, 1.165) is 82.2 Å². The number of thiazole rings is 3. The number of para-hydroxylation sites is 1. The Morgan fingerprint density at radius 3 is 1.22 bits per heavy atom. The number of aryl methyl sites for hydroxylation is 1.